The van der Waals surface area contributed by atoms with Crippen LogP contribution in [-0.2, 0) is 36.0 Å². The molecule has 0 aliphatic rings. The van der Waals surface area contributed by atoms with Gasteiger partial charge in [-0.05, 0) is 66.3 Å². The molecule has 0 aliphatic carbocycles. The second-order valence-corrected chi connectivity index (χ2v) is 13.5. The minimum atomic E-state index is -3.65. The van der Waals surface area contributed by atoms with E-state index in [0.717, 1.165) is 41.5 Å². The van der Waals surface area contributed by atoms with Crippen LogP contribution in [0.5, 0.6) is 0 Å². The summed E-state index contributed by atoms with van der Waals surface area (Å²) < 4.78 is 56.3. The number of aryl methyl sites for hydroxylation is 2. The number of aliphatic hydroxyl groups is 1. The Morgan fingerprint density at radius 1 is 1.00 bits per heavy atom. The molecule has 0 spiro atoms. The molecule has 4 aromatic rings. The average molecular weight is 641 g/mol. The summed E-state index contributed by atoms with van der Waals surface area (Å²) >= 11 is 0. The number of amides is 1. The molecular weight excluding hydrogens is 598 g/mol. The number of hydrogen-bond acceptors (Lipinski definition) is 5. The predicted molar refractivity (Wildman–Crippen MR) is 175 cm³/mol. The third-order valence-corrected chi connectivity index (χ3v) is 9.15. The molecule has 0 radical (unpaired) electrons. The Labute approximate surface area is 264 Å². The fourth-order valence-corrected chi connectivity index (χ4v) is 5.86. The van der Waals surface area contributed by atoms with Gasteiger partial charge in [-0.15, -0.1) is 0 Å². The minimum absolute atomic E-state index is 0.0419. The van der Waals surface area contributed by atoms with Crippen LogP contribution in [0.1, 0.15) is 53.7 Å². The van der Waals surface area contributed by atoms with Gasteiger partial charge < -0.3 is 20.3 Å². The third-order valence-electron chi connectivity index (χ3n) is 7.96. The number of nitrogens with one attached hydrogen (secondary N) is 2. The van der Waals surface area contributed by atoms with Crippen LogP contribution in [0.3, 0.4) is 0 Å². The Hall–Kier alpha value is -3.80. The molecule has 242 valence electrons. The van der Waals surface area contributed by atoms with Gasteiger partial charge in [-0.25, -0.2) is 17.2 Å². The summed E-state index contributed by atoms with van der Waals surface area (Å²) in [6.07, 6.45) is 4.54. The van der Waals surface area contributed by atoms with Gasteiger partial charge in [-0.3, -0.25) is 9.10 Å². The molecule has 0 saturated carbocycles. The highest BCUT2D eigenvalue weighted by molar-refractivity contribution is 7.92. The number of hydrogen-bond donors (Lipinski definition) is 3. The van der Waals surface area contributed by atoms with Crippen molar-refractivity contribution < 1.29 is 27.1 Å². The van der Waals surface area contributed by atoms with Crippen LogP contribution in [0.4, 0.5) is 14.5 Å². The zero-order chi connectivity index (χ0) is 32.7. The zero-order valence-corrected chi connectivity index (χ0v) is 27.0. The van der Waals surface area contributed by atoms with Gasteiger partial charge >= 0.3 is 0 Å². The number of carbonyl (C=O) groups excluding carboxylic acids is 1. The second-order valence-electron chi connectivity index (χ2n) is 11.5. The van der Waals surface area contributed by atoms with E-state index in [1.807, 2.05) is 35.0 Å². The number of benzene rings is 3. The van der Waals surface area contributed by atoms with Crippen LogP contribution in [0.15, 0.2) is 66.9 Å². The van der Waals surface area contributed by atoms with Crippen molar-refractivity contribution >= 4 is 32.5 Å². The fraction of sp³-hybridized carbons (Fsp3) is 0.382. The first-order valence-corrected chi connectivity index (χ1v) is 17.0. The SMILES string of the molecule is CCCCn1ccc2c(N(C)S(C)(=O)=O)cc(C(=O)NC(Cc3cc(F)cc(F)c3)C(O)CNCc3cccc(CC)c3)cc21. The molecule has 0 fully saturated rings. The maximum Gasteiger partial charge on any atom is 0.251 e. The Balaban J connectivity index is 1.64. The van der Waals surface area contributed by atoms with Crippen molar-refractivity contribution in [3.05, 3.63) is 101 Å². The van der Waals surface area contributed by atoms with Crippen molar-refractivity contribution in [3.8, 4) is 0 Å². The molecule has 3 aromatic carbocycles. The summed E-state index contributed by atoms with van der Waals surface area (Å²) in [5.74, 6) is -2.07. The summed E-state index contributed by atoms with van der Waals surface area (Å²) in [7, 11) is -2.21. The molecule has 0 bridgehead atoms. The number of halogens is 2. The lowest BCUT2D eigenvalue weighted by Crippen LogP contribution is -2.48. The number of aliphatic hydroxyl groups excluding tert-OH is 1. The molecule has 1 heterocycles. The highest BCUT2D eigenvalue weighted by Crippen LogP contribution is 2.31. The van der Waals surface area contributed by atoms with E-state index in [9.17, 15) is 27.1 Å². The summed E-state index contributed by atoms with van der Waals surface area (Å²) in [5, 5.41) is 18.0. The molecule has 0 saturated heterocycles. The lowest BCUT2D eigenvalue weighted by atomic mass is 9.99. The van der Waals surface area contributed by atoms with E-state index in [2.05, 4.69) is 30.5 Å². The second kappa shape index (κ2) is 15.0. The monoisotopic (exact) mass is 640 g/mol. The molecule has 8 nitrogen and oxygen atoms in total. The van der Waals surface area contributed by atoms with Crippen LogP contribution in [0.2, 0.25) is 0 Å². The van der Waals surface area contributed by atoms with E-state index < -0.39 is 39.7 Å². The summed E-state index contributed by atoms with van der Waals surface area (Å²) in [4.78, 5) is 13.8. The topological polar surface area (TPSA) is 104 Å². The molecule has 4 rings (SSSR count). The van der Waals surface area contributed by atoms with Crippen molar-refractivity contribution in [3.63, 3.8) is 0 Å². The zero-order valence-electron chi connectivity index (χ0n) is 26.2. The van der Waals surface area contributed by atoms with E-state index >= 15 is 0 Å². The molecule has 2 atom stereocenters. The molecule has 45 heavy (non-hydrogen) atoms. The number of aromatic nitrogens is 1. The molecule has 2 unspecified atom stereocenters. The van der Waals surface area contributed by atoms with Gasteiger partial charge in [-0.1, -0.05) is 44.5 Å². The van der Waals surface area contributed by atoms with E-state index in [1.165, 1.54) is 30.8 Å². The van der Waals surface area contributed by atoms with Gasteiger partial charge in [0.1, 0.15) is 11.6 Å². The smallest absolute Gasteiger partial charge is 0.251 e. The number of sulfonamides is 1. The van der Waals surface area contributed by atoms with Gasteiger partial charge in [0.15, 0.2) is 0 Å². The molecule has 3 N–H and O–H groups in total. The number of unbranched alkanes of at least 4 members (excludes halogenated alkanes) is 1. The number of carbonyl (C=O) groups is 1. The molecule has 1 amide bonds. The average Bonchev–Trinajstić information content (AvgIpc) is 3.40. The van der Waals surface area contributed by atoms with Crippen LogP contribution in [-0.4, -0.2) is 56.0 Å². The summed E-state index contributed by atoms with van der Waals surface area (Å²) in [6, 6.07) is 15.3. The number of fused-ring (bicyclic) bond motifs is 1. The van der Waals surface area contributed by atoms with E-state index in [4.69, 9.17) is 0 Å². The van der Waals surface area contributed by atoms with E-state index in [-0.39, 0.29) is 24.1 Å². The number of rotatable bonds is 15. The quantitative estimate of drug-likeness (QED) is 0.166. The van der Waals surface area contributed by atoms with Crippen molar-refractivity contribution in [2.75, 3.05) is 24.2 Å². The first-order chi connectivity index (χ1) is 21.4. The Morgan fingerprint density at radius 2 is 1.71 bits per heavy atom. The first-order valence-electron chi connectivity index (χ1n) is 15.2. The van der Waals surface area contributed by atoms with Gasteiger partial charge in [-0.2, -0.15) is 0 Å². The molecule has 11 heteroatoms. The van der Waals surface area contributed by atoms with Gasteiger partial charge in [0.25, 0.3) is 5.91 Å². The highest BCUT2D eigenvalue weighted by Gasteiger charge is 2.25. The summed E-state index contributed by atoms with van der Waals surface area (Å²) in [6.45, 7) is 5.40. The van der Waals surface area contributed by atoms with Crippen LogP contribution >= 0.6 is 0 Å². The molecular formula is C34H42F2N4O4S. The number of anilines is 1. The lowest BCUT2D eigenvalue weighted by molar-refractivity contribution is 0.0830. The Kier molecular flexibility index (Phi) is 11.4. The first kappa shape index (κ1) is 34.1. The van der Waals surface area contributed by atoms with Crippen LogP contribution < -0.4 is 14.9 Å². The predicted octanol–water partition coefficient (Wildman–Crippen LogP) is 5.17. The van der Waals surface area contributed by atoms with Crippen molar-refractivity contribution in [1.29, 1.82) is 0 Å². The highest BCUT2D eigenvalue weighted by atomic mass is 32.2. The summed E-state index contributed by atoms with van der Waals surface area (Å²) in [5.41, 5.74) is 3.73. The van der Waals surface area contributed by atoms with Crippen molar-refractivity contribution in [2.45, 2.75) is 64.8 Å². The van der Waals surface area contributed by atoms with Crippen LogP contribution in [0, 0.1) is 11.6 Å². The van der Waals surface area contributed by atoms with Gasteiger partial charge in [0.05, 0.1) is 29.6 Å². The molecule has 1 aromatic heterocycles. The normalized spacial score (nSPS) is 13.1. The minimum Gasteiger partial charge on any atom is -0.390 e. The van der Waals surface area contributed by atoms with Gasteiger partial charge in [0.2, 0.25) is 10.0 Å². The largest absolute Gasteiger partial charge is 0.390 e. The standard InChI is InChI=1S/C34H42F2N4O4S/c1-5-7-12-40-13-11-29-31(39(3)45(4,43)44)18-26(19-32(29)40)34(42)38-30(17-25-15-27(35)20-28(36)16-25)33(41)22-37-21-24-10-8-9-23(6-2)14-24/h8-11,13-16,18-20,30,33,37,41H,5-7,12,17,21-22H2,1-4H3,(H,38,42). The van der Waals surface area contributed by atoms with E-state index in [0.29, 0.717) is 29.7 Å². The molecule has 0 aliphatic heterocycles. The Morgan fingerprint density at radius 3 is 2.38 bits per heavy atom. The number of nitrogens with zero attached hydrogens (tertiary/aromatic N) is 2. The van der Waals surface area contributed by atoms with Crippen molar-refractivity contribution in [2.24, 2.45) is 0 Å². The maximum absolute atomic E-state index is 14.1. The third kappa shape index (κ3) is 8.90. The fourth-order valence-electron chi connectivity index (χ4n) is 5.35. The van der Waals surface area contributed by atoms with E-state index in [1.54, 1.807) is 6.07 Å². The lowest BCUT2D eigenvalue weighted by Gasteiger charge is -2.26. The van der Waals surface area contributed by atoms with Crippen molar-refractivity contribution in [1.82, 2.24) is 15.2 Å². The van der Waals surface area contributed by atoms with Crippen LogP contribution in [0.25, 0.3) is 10.9 Å². The Bertz CT molecular complexity index is 1720. The maximum atomic E-state index is 14.1. The van der Waals surface area contributed by atoms with Gasteiger partial charge in [0, 0.05) is 49.9 Å².